The van der Waals surface area contributed by atoms with E-state index in [0.29, 0.717) is 13.2 Å². The quantitative estimate of drug-likeness (QED) is 0.119. The van der Waals surface area contributed by atoms with Gasteiger partial charge in [0.15, 0.2) is 0 Å². The molecule has 0 atom stereocenters. The Balaban J connectivity index is 1.15. The number of rotatable bonds is 17. The van der Waals surface area contributed by atoms with Crippen molar-refractivity contribution in [1.29, 1.82) is 0 Å². The second-order valence-electron chi connectivity index (χ2n) is 12.4. The summed E-state index contributed by atoms with van der Waals surface area (Å²) in [4.78, 5) is 0. The van der Waals surface area contributed by atoms with Gasteiger partial charge in [0.25, 0.3) is 0 Å². The molecule has 4 rings (SSSR count). The number of hydrogen-bond acceptors (Lipinski definition) is 8. The standard InChI is InChI=1S/C30H56O8P2/c31-39(35-27-17-7-3-8-18-27,36-28-19-9-4-10-20-28)33-25-15-1-2-16-26-34-40(32,37-29-21-11-5-12-22-29)38-30-23-13-6-14-24-30/h27-30H,1-26H2. The maximum atomic E-state index is 13.6. The van der Waals surface area contributed by atoms with Gasteiger partial charge in [-0.1, -0.05) is 89.9 Å². The second kappa shape index (κ2) is 18.1. The Morgan fingerprint density at radius 2 is 0.625 bits per heavy atom. The lowest BCUT2D eigenvalue weighted by Crippen LogP contribution is -2.21. The van der Waals surface area contributed by atoms with Gasteiger partial charge in [0.1, 0.15) is 0 Å². The fourth-order valence-electron chi connectivity index (χ4n) is 6.49. The molecule has 0 aliphatic heterocycles. The van der Waals surface area contributed by atoms with Crippen LogP contribution in [-0.4, -0.2) is 37.6 Å². The molecule has 40 heavy (non-hydrogen) atoms. The van der Waals surface area contributed by atoms with Crippen LogP contribution in [0.1, 0.15) is 154 Å². The fraction of sp³-hybridized carbons (Fsp3) is 1.00. The van der Waals surface area contributed by atoms with Crippen LogP contribution in [0.2, 0.25) is 0 Å². The minimum absolute atomic E-state index is 0.0253. The van der Waals surface area contributed by atoms with Gasteiger partial charge in [0.05, 0.1) is 37.6 Å². The van der Waals surface area contributed by atoms with Gasteiger partial charge < -0.3 is 0 Å². The highest BCUT2D eigenvalue weighted by atomic mass is 31.2. The smallest absolute Gasteiger partial charge is 0.287 e. The van der Waals surface area contributed by atoms with Crippen LogP contribution >= 0.6 is 15.6 Å². The average Bonchev–Trinajstić information content (AvgIpc) is 2.96. The molecule has 0 saturated heterocycles. The molecule has 4 fully saturated rings. The fourth-order valence-corrected chi connectivity index (χ4v) is 9.85. The number of hydrogen-bond donors (Lipinski definition) is 0. The van der Waals surface area contributed by atoms with Crippen LogP contribution in [0, 0.1) is 0 Å². The zero-order chi connectivity index (χ0) is 27.9. The van der Waals surface area contributed by atoms with Gasteiger partial charge >= 0.3 is 15.6 Å². The molecule has 0 aromatic rings. The lowest BCUT2D eigenvalue weighted by molar-refractivity contribution is 0.0275. The number of phosphoric ester groups is 2. The average molecular weight is 607 g/mol. The van der Waals surface area contributed by atoms with Crippen molar-refractivity contribution >= 4 is 15.6 Å². The number of phosphoric acid groups is 2. The molecule has 8 nitrogen and oxygen atoms in total. The maximum Gasteiger partial charge on any atom is 0.475 e. The molecule has 10 heteroatoms. The molecule has 0 unspecified atom stereocenters. The summed E-state index contributed by atoms with van der Waals surface area (Å²) in [7, 11) is -7.14. The Bertz CT molecular complexity index is 660. The third-order valence-electron chi connectivity index (χ3n) is 8.86. The number of unbranched alkanes of at least 4 members (excludes halogenated alkanes) is 3. The molecule has 4 aliphatic rings. The van der Waals surface area contributed by atoms with Crippen LogP contribution in [-0.2, 0) is 36.3 Å². The van der Waals surface area contributed by atoms with Crippen molar-refractivity contribution in [3.63, 3.8) is 0 Å². The zero-order valence-electron chi connectivity index (χ0n) is 24.9. The van der Waals surface area contributed by atoms with Gasteiger partial charge in [0.2, 0.25) is 0 Å². The Morgan fingerprint density at radius 3 is 0.875 bits per heavy atom. The molecular formula is C30H56O8P2. The van der Waals surface area contributed by atoms with Crippen molar-refractivity contribution in [3.8, 4) is 0 Å². The van der Waals surface area contributed by atoms with Gasteiger partial charge in [0, 0.05) is 0 Å². The summed E-state index contributed by atoms with van der Waals surface area (Å²) >= 11 is 0. The topological polar surface area (TPSA) is 89.5 Å². The maximum absolute atomic E-state index is 13.6. The van der Waals surface area contributed by atoms with Crippen molar-refractivity contribution in [3.05, 3.63) is 0 Å². The van der Waals surface area contributed by atoms with E-state index in [4.69, 9.17) is 27.1 Å². The van der Waals surface area contributed by atoms with E-state index in [9.17, 15) is 9.13 Å². The summed E-state index contributed by atoms with van der Waals surface area (Å²) in [5.41, 5.74) is 0. The van der Waals surface area contributed by atoms with Crippen LogP contribution in [0.25, 0.3) is 0 Å². The molecule has 234 valence electrons. The van der Waals surface area contributed by atoms with E-state index in [0.717, 1.165) is 128 Å². The minimum atomic E-state index is -3.57. The second-order valence-corrected chi connectivity index (χ2v) is 15.6. The van der Waals surface area contributed by atoms with E-state index in [2.05, 4.69) is 0 Å². The van der Waals surface area contributed by atoms with Gasteiger partial charge in [-0.3, -0.25) is 27.1 Å². The third-order valence-corrected chi connectivity index (χ3v) is 12.1. The Labute approximate surface area is 243 Å². The molecule has 0 amide bonds. The summed E-state index contributed by atoms with van der Waals surface area (Å²) in [6, 6.07) is 0. The highest BCUT2D eigenvalue weighted by Crippen LogP contribution is 2.55. The summed E-state index contributed by atoms with van der Waals surface area (Å²) in [6.45, 7) is 0.706. The molecule has 4 aliphatic carbocycles. The molecule has 0 spiro atoms. The Kier molecular flexibility index (Phi) is 15.0. The highest BCUT2D eigenvalue weighted by Gasteiger charge is 2.36. The van der Waals surface area contributed by atoms with Gasteiger partial charge in [-0.25, -0.2) is 9.13 Å². The van der Waals surface area contributed by atoms with Crippen molar-refractivity contribution in [1.82, 2.24) is 0 Å². The summed E-state index contributed by atoms with van der Waals surface area (Å²) in [5.74, 6) is 0. The van der Waals surface area contributed by atoms with Gasteiger partial charge in [-0.15, -0.1) is 0 Å². The lowest BCUT2D eigenvalue weighted by atomic mass is 9.98. The molecule has 0 bridgehead atoms. The van der Waals surface area contributed by atoms with Crippen molar-refractivity contribution in [2.24, 2.45) is 0 Å². The predicted molar refractivity (Wildman–Crippen MR) is 157 cm³/mol. The van der Waals surface area contributed by atoms with E-state index in [1.807, 2.05) is 0 Å². The van der Waals surface area contributed by atoms with Crippen LogP contribution in [0.3, 0.4) is 0 Å². The molecule has 0 aromatic carbocycles. The summed E-state index contributed by atoms with van der Waals surface area (Å²) < 4.78 is 63.0. The van der Waals surface area contributed by atoms with Gasteiger partial charge in [-0.2, -0.15) is 0 Å². The first-order valence-electron chi connectivity index (χ1n) is 16.7. The van der Waals surface area contributed by atoms with E-state index < -0.39 is 15.6 Å². The Hall–Kier alpha value is 0.220. The largest absolute Gasteiger partial charge is 0.475 e. The van der Waals surface area contributed by atoms with Crippen LogP contribution in [0.5, 0.6) is 0 Å². The first-order valence-corrected chi connectivity index (χ1v) is 19.7. The van der Waals surface area contributed by atoms with E-state index >= 15 is 0 Å². The SMILES string of the molecule is O=P(OCCCCCCOP(=O)(OC1CCCCC1)OC1CCCCC1)(OC1CCCCC1)OC1CCCCC1. The first-order chi connectivity index (χ1) is 19.5. The molecule has 0 aromatic heterocycles. The van der Waals surface area contributed by atoms with E-state index in [-0.39, 0.29) is 24.4 Å². The predicted octanol–water partition coefficient (Wildman–Crippen LogP) is 10.2. The van der Waals surface area contributed by atoms with Crippen LogP contribution in [0.15, 0.2) is 0 Å². The molecule has 0 N–H and O–H groups in total. The first kappa shape index (κ1) is 33.1. The molecule has 4 saturated carbocycles. The minimum Gasteiger partial charge on any atom is -0.287 e. The van der Waals surface area contributed by atoms with Crippen molar-refractivity contribution in [2.45, 2.75) is 179 Å². The van der Waals surface area contributed by atoms with E-state index in [1.165, 1.54) is 25.7 Å². The molecular weight excluding hydrogens is 550 g/mol. The van der Waals surface area contributed by atoms with Gasteiger partial charge in [-0.05, 0) is 64.2 Å². The Morgan fingerprint density at radius 1 is 0.375 bits per heavy atom. The zero-order valence-corrected chi connectivity index (χ0v) is 26.6. The normalized spacial score (nSPS) is 23.5. The highest BCUT2D eigenvalue weighted by molar-refractivity contribution is 7.48. The van der Waals surface area contributed by atoms with Crippen molar-refractivity contribution in [2.75, 3.05) is 13.2 Å². The molecule has 0 radical (unpaired) electrons. The third kappa shape index (κ3) is 12.4. The molecule has 0 heterocycles. The lowest BCUT2D eigenvalue weighted by Gasteiger charge is -2.30. The summed E-state index contributed by atoms with van der Waals surface area (Å²) in [5, 5.41) is 0. The monoisotopic (exact) mass is 606 g/mol. The van der Waals surface area contributed by atoms with Crippen LogP contribution in [0.4, 0.5) is 0 Å². The van der Waals surface area contributed by atoms with E-state index in [1.54, 1.807) is 0 Å². The summed E-state index contributed by atoms with van der Waals surface area (Å²) in [6.07, 6.45) is 24.4. The van der Waals surface area contributed by atoms with Crippen molar-refractivity contribution < 1.29 is 36.3 Å². The van der Waals surface area contributed by atoms with Crippen LogP contribution < -0.4 is 0 Å².